The summed E-state index contributed by atoms with van der Waals surface area (Å²) in [6.45, 7) is 4.44. The monoisotopic (exact) mass is 291 g/mol. The maximum atomic E-state index is 5.58. The quantitative estimate of drug-likeness (QED) is 0.755. The Hall–Kier alpha value is -1.52. The van der Waals surface area contributed by atoms with E-state index in [9.17, 15) is 0 Å². The van der Waals surface area contributed by atoms with E-state index >= 15 is 0 Å². The Morgan fingerprint density at radius 3 is 2.75 bits per heavy atom. The van der Waals surface area contributed by atoms with Gasteiger partial charge in [0.15, 0.2) is 11.5 Å². The van der Waals surface area contributed by atoms with E-state index in [2.05, 4.69) is 28.2 Å². The molecule has 0 atom stereocenters. The van der Waals surface area contributed by atoms with Crippen LogP contribution in [0.15, 0.2) is 35.0 Å². The normalized spacial score (nSPS) is 10.5. The van der Waals surface area contributed by atoms with Gasteiger partial charge < -0.3 is 14.8 Å². The van der Waals surface area contributed by atoms with E-state index in [-0.39, 0.29) is 0 Å². The van der Waals surface area contributed by atoms with E-state index in [0.717, 1.165) is 31.0 Å². The Kier molecular flexibility index (Phi) is 5.89. The van der Waals surface area contributed by atoms with Crippen molar-refractivity contribution in [2.45, 2.75) is 19.9 Å². The number of nitrogens with one attached hydrogen (secondary N) is 1. The van der Waals surface area contributed by atoms with Crippen molar-refractivity contribution in [1.29, 1.82) is 0 Å². The van der Waals surface area contributed by atoms with Crippen LogP contribution >= 0.6 is 11.3 Å². The van der Waals surface area contributed by atoms with E-state index in [4.69, 9.17) is 9.47 Å². The molecule has 1 aromatic heterocycles. The third kappa shape index (κ3) is 4.25. The molecule has 0 unspecified atom stereocenters. The third-order valence-electron chi connectivity index (χ3n) is 3.03. The average Bonchev–Trinajstić information content (AvgIpc) is 2.97. The van der Waals surface area contributed by atoms with Crippen LogP contribution in [0.3, 0.4) is 0 Å². The zero-order valence-electron chi connectivity index (χ0n) is 12.0. The first-order valence-electron chi connectivity index (χ1n) is 6.85. The maximum Gasteiger partial charge on any atom is 0.161 e. The van der Waals surface area contributed by atoms with Gasteiger partial charge >= 0.3 is 0 Å². The van der Waals surface area contributed by atoms with Crippen molar-refractivity contribution >= 4 is 11.3 Å². The molecule has 0 amide bonds. The predicted molar refractivity (Wildman–Crippen MR) is 83.9 cm³/mol. The molecule has 0 aliphatic heterocycles. The van der Waals surface area contributed by atoms with Crippen molar-refractivity contribution in [3.63, 3.8) is 0 Å². The lowest BCUT2D eigenvalue weighted by atomic mass is 10.2. The number of rotatable bonds is 8. The molecule has 0 saturated carbocycles. The number of ether oxygens (including phenoxy) is 2. The van der Waals surface area contributed by atoms with Crippen LogP contribution in [0.5, 0.6) is 11.5 Å². The van der Waals surface area contributed by atoms with Crippen LogP contribution in [-0.4, -0.2) is 20.3 Å². The van der Waals surface area contributed by atoms with Crippen molar-refractivity contribution in [2.24, 2.45) is 0 Å². The van der Waals surface area contributed by atoms with Crippen LogP contribution in [0.1, 0.15) is 18.1 Å². The summed E-state index contributed by atoms with van der Waals surface area (Å²) in [5.41, 5.74) is 2.60. The van der Waals surface area contributed by atoms with Crippen LogP contribution in [0.2, 0.25) is 0 Å². The summed E-state index contributed by atoms with van der Waals surface area (Å²) >= 11 is 1.75. The van der Waals surface area contributed by atoms with Gasteiger partial charge in [0.1, 0.15) is 0 Å². The molecule has 1 N–H and O–H groups in total. The topological polar surface area (TPSA) is 30.5 Å². The highest BCUT2D eigenvalue weighted by Crippen LogP contribution is 2.27. The molecule has 4 heteroatoms. The Morgan fingerprint density at radius 1 is 1.15 bits per heavy atom. The third-order valence-corrected chi connectivity index (χ3v) is 3.76. The fourth-order valence-electron chi connectivity index (χ4n) is 2.00. The van der Waals surface area contributed by atoms with E-state index < -0.39 is 0 Å². The molecule has 1 heterocycles. The zero-order valence-corrected chi connectivity index (χ0v) is 12.8. The molecule has 2 rings (SSSR count). The molecule has 1 aromatic carbocycles. The summed E-state index contributed by atoms with van der Waals surface area (Å²) < 4.78 is 10.9. The van der Waals surface area contributed by atoms with E-state index in [1.165, 1.54) is 11.1 Å². The standard InChI is InChI=1S/C16H21NO2S/c1-3-19-16-10-14(4-5-15(16)18-2)11-17-8-6-13-7-9-20-12-13/h4-5,7,9-10,12,17H,3,6,8,11H2,1-2H3. The lowest BCUT2D eigenvalue weighted by molar-refractivity contribution is 0.310. The summed E-state index contributed by atoms with van der Waals surface area (Å²) in [4.78, 5) is 0. The molecule has 3 nitrogen and oxygen atoms in total. The highest BCUT2D eigenvalue weighted by Gasteiger charge is 2.05. The number of thiophene rings is 1. The van der Waals surface area contributed by atoms with Crippen molar-refractivity contribution in [1.82, 2.24) is 5.32 Å². The average molecular weight is 291 g/mol. The fourth-order valence-corrected chi connectivity index (χ4v) is 2.70. The summed E-state index contributed by atoms with van der Waals surface area (Å²) in [5.74, 6) is 1.60. The highest BCUT2D eigenvalue weighted by molar-refractivity contribution is 7.07. The Morgan fingerprint density at radius 2 is 2.05 bits per heavy atom. The lowest BCUT2D eigenvalue weighted by Gasteiger charge is -2.11. The van der Waals surface area contributed by atoms with Gasteiger partial charge in [0.25, 0.3) is 0 Å². The number of methoxy groups -OCH3 is 1. The molecule has 0 spiro atoms. The predicted octanol–water partition coefficient (Wildman–Crippen LogP) is 3.49. The van der Waals surface area contributed by atoms with E-state index in [0.29, 0.717) is 6.61 Å². The molecule has 0 fully saturated rings. The molecule has 20 heavy (non-hydrogen) atoms. The summed E-state index contributed by atoms with van der Waals surface area (Å²) in [6.07, 6.45) is 1.07. The molecule has 0 saturated heterocycles. The summed E-state index contributed by atoms with van der Waals surface area (Å²) in [6, 6.07) is 8.24. The van der Waals surface area contributed by atoms with Crippen LogP contribution in [0, 0.1) is 0 Å². The van der Waals surface area contributed by atoms with Gasteiger partial charge in [-0.15, -0.1) is 0 Å². The maximum absolute atomic E-state index is 5.58. The Bertz CT molecular complexity index is 511. The zero-order chi connectivity index (χ0) is 14.2. The van der Waals surface area contributed by atoms with Gasteiger partial charge in [0.05, 0.1) is 13.7 Å². The van der Waals surface area contributed by atoms with Gasteiger partial charge in [-0.2, -0.15) is 11.3 Å². The SMILES string of the molecule is CCOc1cc(CNCCc2ccsc2)ccc1OC. The molecule has 108 valence electrons. The Labute approximate surface area is 124 Å². The smallest absolute Gasteiger partial charge is 0.161 e. The number of hydrogen-bond donors (Lipinski definition) is 1. The van der Waals surface area contributed by atoms with Gasteiger partial charge in [-0.25, -0.2) is 0 Å². The molecule has 0 aliphatic rings. The minimum Gasteiger partial charge on any atom is -0.493 e. The van der Waals surface area contributed by atoms with Crippen LogP contribution < -0.4 is 14.8 Å². The highest BCUT2D eigenvalue weighted by atomic mass is 32.1. The second kappa shape index (κ2) is 7.92. The molecular formula is C16H21NO2S. The van der Waals surface area contributed by atoms with E-state index in [1.54, 1.807) is 18.4 Å². The van der Waals surface area contributed by atoms with Gasteiger partial charge in [0.2, 0.25) is 0 Å². The minimum absolute atomic E-state index is 0.644. The number of hydrogen-bond acceptors (Lipinski definition) is 4. The summed E-state index contributed by atoms with van der Waals surface area (Å²) in [7, 11) is 1.66. The van der Waals surface area contributed by atoms with Crippen LogP contribution in [-0.2, 0) is 13.0 Å². The number of benzene rings is 1. The molecule has 0 bridgehead atoms. The van der Waals surface area contributed by atoms with Gasteiger partial charge in [-0.3, -0.25) is 0 Å². The largest absolute Gasteiger partial charge is 0.493 e. The second-order valence-corrected chi connectivity index (χ2v) is 5.26. The molecule has 0 radical (unpaired) electrons. The van der Waals surface area contributed by atoms with E-state index in [1.807, 2.05) is 19.1 Å². The van der Waals surface area contributed by atoms with Crippen molar-refractivity contribution < 1.29 is 9.47 Å². The summed E-state index contributed by atoms with van der Waals surface area (Å²) in [5, 5.41) is 7.77. The first-order valence-corrected chi connectivity index (χ1v) is 7.79. The minimum atomic E-state index is 0.644. The molecule has 0 aliphatic carbocycles. The Balaban J connectivity index is 1.84. The van der Waals surface area contributed by atoms with Crippen LogP contribution in [0.4, 0.5) is 0 Å². The second-order valence-electron chi connectivity index (χ2n) is 4.48. The molecular weight excluding hydrogens is 270 g/mol. The fraction of sp³-hybridized carbons (Fsp3) is 0.375. The van der Waals surface area contributed by atoms with Crippen molar-refractivity contribution in [2.75, 3.05) is 20.3 Å². The van der Waals surface area contributed by atoms with Gasteiger partial charge in [-0.1, -0.05) is 6.07 Å². The lowest BCUT2D eigenvalue weighted by Crippen LogP contribution is -2.16. The van der Waals surface area contributed by atoms with Crippen LogP contribution in [0.25, 0.3) is 0 Å². The molecule has 2 aromatic rings. The van der Waals surface area contributed by atoms with Gasteiger partial charge in [0, 0.05) is 6.54 Å². The van der Waals surface area contributed by atoms with Crippen molar-refractivity contribution in [3.8, 4) is 11.5 Å². The van der Waals surface area contributed by atoms with Gasteiger partial charge in [-0.05, 0) is 60.0 Å². The van der Waals surface area contributed by atoms with Crippen molar-refractivity contribution in [3.05, 3.63) is 46.2 Å². The first-order chi connectivity index (χ1) is 9.83. The first kappa shape index (κ1) is 14.9.